The lowest BCUT2D eigenvalue weighted by molar-refractivity contribution is -0.174. The van der Waals surface area contributed by atoms with E-state index in [1.165, 1.54) is 0 Å². The summed E-state index contributed by atoms with van der Waals surface area (Å²) in [4.78, 5) is 0. The summed E-state index contributed by atoms with van der Waals surface area (Å²) >= 11 is 0. The largest absolute Gasteiger partial charge is 0.494 e. The first-order valence-corrected chi connectivity index (χ1v) is 7.00. The minimum absolute atomic E-state index is 0.0431. The highest BCUT2D eigenvalue weighted by atomic mass is 19.4. The quantitative estimate of drug-likeness (QED) is 0.706. The van der Waals surface area contributed by atoms with E-state index in [1.807, 2.05) is 31.2 Å². The second kappa shape index (κ2) is 8.89. The van der Waals surface area contributed by atoms with Crippen molar-refractivity contribution in [1.82, 2.24) is 5.32 Å². The van der Waals surface area contributed by atoms with Gasteiger partial charge in [0.2, 0.25) is 0 Å². The predicted molar refractivity (Wildman–Crippen MR) is 75.5 cm³/mol. The molecule has 0 aliphatic rings. The first-order valence-electron chi connectivity index (χ1n) is 7.00. The first-order chi connectivity index (χ1) is 9.96. The number of hydrogen-bond donors (Lipinski definition) is 1. The molecule has 0 radical (unpaired) electrons. The standard InChI is InChI=1S/C15H22F3NO2/c1-3-9-21-13-6-4-12(5-7-13)14(19-2)8-10-20-11-15(16,17)18/h4-7,14,19H,3,8-11H2,1-2H3. The summed E-state index contributed by atoms with van der Waals surface area (Å²) in [7, 11) is 1.77. The molecule has 1 N–H and O–H groups in total. The molecule has 1 unspecified atom stereocenters. The molecule has 120 valence electrons. The van der Waals surface area contributed by atoms with Crippen LogP contribution in [0.3, 0.4) is 0 Å². The molecule has 21 heavy (non-hydrogen) atoms. The number of halogens is 3. The molecule has 6 heteroatoms. The molecule has 0 saturated heterocycles. The Labute approximate surface area is 123 Å². The lowest BCUT2D eigenvalue weighted by Crippen LogP contribution is -2.21. The normalized spacial score (nSPS) is 13.2. The number of ether oxygens (including phenoxy) is 2. The molecule has 3 nitrogen and oxygen atoms in total. The third-order valence-corrected chi connectivity index (χ3v) is 2.92. The van der Waals surface area contributed by atoms with Crippen LogP contribution in [0, 0.1) is 0 Å². The van der Waals surface area contributed by atoms with Crippen LogP contribution < -0.4 is 10.1 Å². The van der Waals surface area contributed by atoms with E-state index in [0.29, 0.717) is 13.0 Å². The maximum Gasteiger partial charge on any atom is 0.411 e. The van der Waals surface area contributed by atoms with Crippen LogP contribution in [-0.2, 0) is 4.74 Å². The van der Waals surface area contributed by atoms with Gasteiger partial charge in [-0.1, -0.05) is 19.1 Å². The van der Waals surface area contributed by atoms with Gasteiger partial charge in [0.15, 0.2) is 0 Å². The van der Waals surface area contributed by atoms with E-state index < -0.39 is 12.8 Å². The van der Waals surface area contributed by atoms with Gasteiger partial charge in [-0.05, 0) is 37.6 Å². The van der Waals surface area contributed by atoms with Crippen molar-refractivity contribution in [3.8, 4) is 5.75 Å². The number of nitrogens with one attached hydrogen (secondary N) is 1. The summed E-state index contributed by atoms with van der Waals surface area (Å²) in [6.45, 7) is 1.55. The molecule has 1 rings (SSSR count). The van der Waals surface area contributed by atoms with Crippen molar-refractivity contribution in [3.63, 3.8) is 0 Å². The molecule has 0 aliphatic heterocycles. The van der Waals surface area contributed by atoms with Crippen molar-refractivity contribution >= 4 is 0 Å². The number of rotatable bonds is 9. The van der Waals surface area contributed by atoms with E-state index >= 15 is 0 Å². The fourth-order valence-corrected chi connectivity index (χ4v) is 1.88. The summed E-state index contributed by atoms with van der Waals surface area (Å²) in [6.07, 6.45) is -2.85. The summed E-state index contributed by atoms with van der Waals surface area (Å²) in [5.74, 6) is 0.795. The van der Waals surface area contributed by atoms with E-state index in [0.717, 1.165) is 17.7 Å². The third kappa shape index (κ3) is 7.34. The molecule has 0 aromatic heterocycles. The van der Waals surface area contributed by atoms with E-state index in [2.05, 4.69) is 10.1 Å². The van der Waals surface area contributed by atoms with Crippen molar-refractivity contribution in [2.45, 2.75) is 32.0 Å². The average Bonchev–Trinajstić information content (AvgIpc) is 2.45. The lowest BCUT2D eigenvalue weighted by atomic mass is 10.0. The Morgan fingerprint density at radius 2 is 1.81 bits per heavy atom. The monoisotopic (exact) mass is 305 g/mol. The second-order valence-corrected chi connectivity index (χ2v) is 4.72. The van der Waals surface area contributed by atoms with Gasteiger partial charge < -0.3 is 14.8 Å². The molecule has 1 aromatic carbocycles. The third-order valence-electron chi connectivity index (χ3n) is 2.92. The molecule has 1 aromatic rings. The highest BCUT2D eigenvalue weighted by Crippen LogP contribution is 2.21. The van der Waals surface area contributed by atoms with Crippen LogP contribution in [-0.4, -0.2) is 33.0 Å². The Morgan fingerprint density at radius 1 is 1.14 bits per heavy atom. The van der Waals surface area contributed by atoms with Gasteiger partial charge in [0, 0.05) is 12.6 Å². The molecule has 0 fully saturated rings. The van der Waals surface area contributed by atoms with Crippen molar-refractivity contribution in [2.24, 2.45) is 0 Å². The van der Waals surface area contributed by atoms with Crippen LogP contribution in [0.2, 0.25) is 0 Å². The highest BCUT2D eigenvalue weighted by Gasteiger charge is 2.27. The Hall–Kier alpha value is -1.27. The van der Waals surface area contributed by atoms with E-state index in [9.17, 15) is 13.2 Å². The molecule has 1 atom stereocenters. The zero-order valence-corrected chi connectivity index (χ0v) is 12.4. The second-order valence-electron chi connectivity index (χ2n) is 4.72. The molecular weight excluding hydrogens is 283 g/mol. The average molecular weight is 305 g/mol. The van der Waals surface area contributed by atoms with E-state index in [1.54, 1.807) is 7.05 Å². The van der Waals surface area contributed by atoms with Gasteiger partial charge in [-0.2, -0.15) is 13.2 Å². The van der Waals surface area contributed by atoms with Gasteiger partial charge in [-0.3, -0.25) is 0 Å². The Morgan fingerprint density at radius 3 is 2.33 bits per heavy atom. The fourth-order valence-electron chi connectivity index (χ4n) is 1.88. The van der Waals surface area contributed by atoms with Gasteiger partial charge in [0.25, 0.3) is 0 Å². The van der Waals surface area contributed by atoms with Crippen LogP contribution in [0.25, 0.3) is 0 Å². The van der Waals surface area contributed by atoms with Crippen molar-refractivity contribution in [3.05, 3.63) is 29.8 Å². The van der Waals surface area contributed by atoms with Crippen LogP contribution in [0.15, 0.2) is 24.3 Å². The molecule has 0 saturated carbocycles. The maximum atomic E-state index is 12.0. The van der Waals surface area contributed by atoms with Crippen molar-refractivity contribution in [2.75, 3.05) is 26.9 Å². The zero-order valence-electron chi connectivity index (χ0n) is 12.4. The molecule has 0 aliphatic carbocycles. The first kappa shape index (κ1) is 17.8. The Balaban J connectivity index is 2.44. The molecule has 0 amide bonds. The molecule has 0 spiro atoms. The van der Waals surface area contributed by atoms with Gasteiger partial charge in [0.05, 0.1) is 6.61 Å². The van der Waals surface area contributed by atoms with Gasteiger partial charge >= 0.3 is 6.18 Å². The van der Waals surface area contributed by atoms with Crippen LogP contribution in [0.5, 0.6) is 5.75 Å². The van der Waals surface area contributed by atoms with Crippen LogP contribution >= 0.6 is 0 Å². The molecule has 0 bridgehead atoms. The topological polar surface area (TPSA) is 30.5 Å². The maximum absolute atomic E-state index is 12.0. The van der Waals surface area contributed by atoms with Crippen LogP contribution in [0.1, 0.15) is 31.4 Å². The highest BCUT2D eigenvalue weighted by molar-refractivity contribution is 5.29. The van der Waals surface area contributed by atoms with E-state index in [-0.39, 0.29) is 12.6 Å². The minimum atomic E-state index is -4.27. The zero-order chi connectivity index (χ0) is 15.7. The summed E-state index contributed by atoms with van der Waals surface area (Å²) in [5, 5.41) is 3.08. The van der Waals surface area contributed by atoms with Crippen molar-refractivity contribution in [1.29, 1.82) is 0 Å². The van der Waals surface area contributed by atoms with Gasteiger partial charge in [-0.15, -0.1) is 0 Å². The van der Waals surface area contributed by atoms with E-state index in [4.69, 9.17) is 4.74 Å². The molecule has 0 heterocycles. The predicted octanol–water partition coefficient (Wildman–Crippen LogP) is 3.70. The van der Waals surface area contributed by atoms with Crippen LogP contribution in [0.4, 0.5) is 13.2 Å². The summed E-state index contributed by atoms with van der Waals surface area (Å²) < 4.78 is 46.1. The fraction of sp³-hybridized carbons (Fsp3) is 0.600. The SMILES string of the molecule is CCCOc1ccc(C(CCOCC(F)(F)F)NC)cc1. The van der Waals surface area contributed by atoms with Crippen molar-refractivity contribution < 1.29 is 22.6 Å². The van der Waals surface area contributed by atoms with Gasteiger partial charge in [0.1, 0.15) is 12.4 Å². The summed E-state index contributed by atoms with van der Waals surface area (Å²) in [6, 6.07) is 7.52. The lowest BCUT2D eigenvalue weighted by Gasteiger charge is -2.17. The molecular formula is C15H22F3NO2. The Kier molecular flexibility index (Phi) is 7.53. The summed E-state index contributed by atoms with van der Waals surface area (Å²) in [5.41, 5.74) is 0.997. The smallest absolute Gasteiger partial charge is 0.411 e. The van der Waals surface area contributed by atoms with Gasteiger partial charge in [-0.25, -0.2) is 0 Å². The number of hydrogen-bond acceptors (Lipinski definition) is 3. The Bertz CT molecular complexity index is 393. The minimum Gasteiger partial charge on any atom is -0.494 e. The number of benzene rings is 1. The number of alkyl halides is 3.